The quantitative estimate of drug-likeness (QED) is 0.688. The van der Waals surface area contributed by atoms with Gasteiger partial charge in [0.1, 0.15) is 6.33 Å². The highest BCUT2D eigenvalue weighted by Gasteiger charge is 2.10. The summed E-state index contributed by atoms with van der Waals surface area (Å²) in [6.45, 7) is 0.413. The molecule has 0 aliphatic heterocycles. The monoisotopic (exact) mass is 213 g/mol. The molecule has 1 aromatic rings. The summed E-state index contributed by atoms with van der Waals surface area (Å²) < 4.78 is 5.83. The second-order valence-corrected chi connectivity index (χ2v) is 2.82. The van der Waals surface area contributed by atoms with Crippen LogP contribution in [0.25, 0.3) is 0 Å². The predicted molar refractivity (Wildman–Crippen MR) is 48.2 cm³/mol. The maximum atomic E-state index is 11.0. The number of rotatable bonds is 5. The van der Waals surface area contributed by atoms with Crippen LogP contribution in [0.1, 0.15) is 23.5 Å². The highest BCUT2D eigenvalue weighted by molar-refractivity contribution is 5.84. The van der Waals surface area contributed by atoms with Crippen molar-refractivity contribution in [3.05, 3.63) is 12.2 Å². The molecule has 0 bridgehead atoms. The lowest BCUT2D eigenvalue weighted by atomic mass is 10.3. The number of hydrogen-bond donors (Lipinski definition) is 1. The molecule has 0 aliphatic rings. The van der Waals surface area contributed by atoms with Crippen LogP contribution in [0.5, 0.6) is 0 Å². The van der Waals surface area contributed by atoms with Gasteiger partial charge in [-0.2, -0.15) is 0 Å². The lowest BCUT2D eigenvalue weighted by Crippen LogP contribution is -2.06. The van der Waals surface area contributed by atoms with E-state index in [9.17, 15) is 9.59 Å². The molecule has 0 aliphatic carbocycles. The van der Waals surface area contributed by atoms with Crippen molar-refractivity contribution in [1.82, 2.24) is 14.8 Å². The van der Waals surface area contributed by atoms with E-state index in [0.29, 0.717) is 13.0 Å². The first kappa shape index (κ1) is 11.2. The zero-order chi connectivity index (χ0) is 11.3. The Morgan fingerprint density at radius 2 is 2.33 bits per heavy atom. The third-order valence-corrected chi connectivity index (χ3v) is 1.68. The largest absolute Gasteiger partial charge is 0.481 e. The molecule has 0 radical (unpaired) electrons. The van der Waals surface area contributed by atoms with Gasteiger partial charge in [0.15, 0.2) is 0 Å². The van der Waals surface area contributed by atoms with E-state index >= 15 is 0 Å². The standard InChI is InChI=1S/C8H11N3O4/c1-15-8(14)7-9-5-11(10-7)4-2-3-6(12)13/h5H,2-4H2,1H3,(H,12,13). The highest BCUT2D eigenvalue weighted by atomic mass is 16.5. The van der Waals surface area contributed by atoms with Gasteiger partial charge in [-0.3, -0.25) is 9.48 Å². The number of nitrogens with zero attached hydrogens (tertiary/aromatic N) is 3. The van der Waals surface area contributed by atoms with Crippen LogP contribution in [-0.2, 0) is 16.1 Å². The molecule has 1 N–H and O–H groups in total. The summed E-state index contributed by atoms with van der Waals surface area (Å²) in [4.78, 5) is 24.9. The van der Waals surface area contributed by atoms with E-state index in [0.717, 1.165) is 0 Å². The number of methoxy groups -OCH3 is 1. The molecule has 0 saturated carbocycles. The second kappa shape index (κ2) is 5.08. The molecule has 1 heterocycles. The van der Waals surface area contributed by atoms with E-state index in [4.69, 9.17) is 5.11 Å². The van der Waals surface area contributed by atoms with Gasteiger partial charge in [-0.15, -0.1) is 5.10 Å². The fourth-order valence-corrected chi connectivity index (χ4v) is 0.979. The number of hydrogen-bond acceptors (Lipinski definition) is 5. The van der Waals surface area contributed by atoms with E-state index in [-0.39, 0.29) is 12.2 Å². The fraction of sp³-hybridized carbons (Fsp3) is 0.500. The number of carbonyl (C=O) groups is 2. The Kier molecular flexibility index (Phi) is 3.78. The van der Waals surface area contributed by atoms with E-state index in [2.05, 4.69) is 14.8 Å². The zero-order valence-corrected chi connectivity index (χ0v) is 8.21. The normalized spacial score (nSPS) is 9.93. The van der Waals surface area contributed by atoms with Crippen LogP contribution >= 0.6 is 0 Å². The molecular weight excluding hydrogens is 202 g/mol. The Labute approximate surface area is 85.7 Å². The summed E-state index contributed by atoms with van der Waals surface area (Å²) in [7, 11) is 1.24. The first-order valence-electron chi connectivity index (χ1n) is 4.33. The summed E-state index contributed by atoms with van der Waals surface area (Å²) in [5, 5.41) is 12.2. The number of carboxylic acid groups (broad SMARTS) is 1. The van der Waals surface area contributed by atoms with Gasteiger partial charge in [0, 0.05) is 13.0 Å². The van der Waals surface area contributed by atoms with Gasteiger partial charge in [-0.1, -0.05) is 0 Å². The van der Waals surface area contributed by atoms with Gasteiger partial charge < -0.3 is 9.84 Å². The first-order chi connectivity index (χ1) is 7.13. The molecule has 0 amide bonds. The lowest BCUT2D eigenvalue weighted by Gasteiger charge is -1.97. The molecule has 0 atom stereocenters. The fourth-order valence-electron chi connectivity index (χ4n) is 0.979. The minimum absolute atomic E-state index is 0.0205. The van der Waals surface area contributed by atoms with Crippen molar-refractivity contribution >= 4 is 11.9 Å². The Morgan fingerprint density at radius 3 is 2.93 bits per heavy atom. The van der Waals surface area contributed by atoms with Crippen LogP contribution in [0, 0.1) is 0 Å². The van der Waals surface area contributed by atoms with Gasteiger partial charge in [-0.25, -0.2) is 9.78 Å². The number of aliphatic carboxylic acids is 1. The summed E-state index contributed by atoms with van der Waals surface area (Å²) in [5.41, 5.74) is 0. The molecule has 0 aromatic carbocycles. The molecule has 0 fully saturated rings. The predicted octanol–water partition coefficient (Wildman–Crippen LogP) is -0.0705. The molecule has 1 rings (SSSR count). The average Bonchev–Trinajstić information content (AvgIpc) is 2.65. The van der Waals surface area contributed by atoms with E-state index in [1.54, 1.807) is 0 Å². The third kappa shape index (κ3) is 3.37. The highest BCUT2D eigenvalue weighted by Crippen LogP contribution is 1.96. The van der Waals surface area contributed by atoms with E-state index < -0.39 is 11.9 Å². The molecule has 1 aromatic heterocycles. The molecule has 0 spiro atoms. The van der Waals surface area contributed by atoms with Crippen LogP contribution in [0.2, 0.25) is 0 Å². The number of carboxylic acids is 1. The number of carbonyl (C=O) groups excluding carboxylic acids is 1. The van der Waals surface area contributed by atoms with Crippen molar-refractivity contribution in [2.75, 3.05) is 7.11 Å². The molecule has 0 saturated heterocycles. The summed E-state index contributed by atoms with van der Waals surface area (Å²) in [6, 6.07) is 0. The van der Waals surface area contributed by atoms with Gasteiger partial charge in [0.2, 0.25) is 0 Å². The molecule has 0 unspecified atom stereocenters. The van der Waals surface area contributed by atoms with Crippen LogP contribution in [-0.4, -0.2) is 38.9 Å². The Hall–Kier alpha value is -1.92. The number of aromatic nitrogens is 3. The lowest BCUT2D eigenvalue weighted by molar-refractivity contribution is -0.137. The molecule has 82 valence electrons. The first-order valence-corrected chi connectivity index (χ1v) is 4.33. The molecular formula is C8H11N3O4. The van der Waals surface area contributed by atoms with E-state index in [1.165, 1.54) is 18.1 Å². The van der Waals surface area contributed by atoms with Crippen molar-refractivity contribution < 1.29 is 19.4 Å². The van der Waals surface area contributed by atoms with Crippen LogP contribution in [0.4, 0.5) is 0 Å². The Balaban J connectivity index is 2.46. The Morgan fingerprint density at radius 1 is 1.60 bits per heavy atom. The minimum atomic E-state index is -0.858. The van der Waals surface area contributed by atoms with Crippen molar-refractivity contribution in [3.8, 4) is 0 Å². The summed E-state index contributed by atoms with van der Waals surface area (Å²) in [5.74, 6) is -1.48. The van der Waals surface area contributed by atoms with Crippen molar-refractivity contribution in [2.45, 2.75) is 19.4 Å². The molecule has 7 heteroatoms. The van der Waals surface area contributed by atoms with Gasteiger partial charge in [-0.05, 0) is 6.42 Å². The number of aryl methyl sites for hydroxylation is 1. The van der Waals surface area contributed by atoms with Crippen LogP contribution in [0.15, 0.2) is 6.33 Å². The van der Waals surface area contributed by atoms with Crippen molar-refractivity contribution in [3.63, 3.8) is 0 Å². The van der Waals surface area contributed by atoms with Crippen molar-refractivity contribution in [2.24, 2.45) is 0 Å². The second-order valence-electron chi connectivity index (χ2n) is 2.82. The number of ether oxygens (including phenoxy) is 1. The SMILES string of the molecule is COC(=O)c1ncn(CCCC(=O)O)n1. The third-order valence-electron chi connectivity index (χ3n) is 1.68. The van der Waals surface area contributed by atoms with E-state index in [1.807, 2.05) is 0 Å². The molecule has 15 heavy (non-hydrogen) atoms. The smallest absolute Gasteiger partial charge is 0.377 e. The van der Waals surface area contributed by atoms with Crippen LogP contribution < -0.4 is 0 Å². The maximum absolute atomic E-state index is 11.0. The molecule has 7 nitrogen and oxygen atoms in total. The van der Waals surface area contributed by atoms with Gasteiger partial charge in [0.05, 0.1) is 7.11 Å². The summed E-state index contributed by atoms with van der Waals surface area (Å²) >= 11 is 0. The minimum Gasteiger partial charge on any atom is -0.481 e. The Bertz CT molecular complexity index is 361. The van der Waals surface area contributed by atoms with Gasteiger partial charge in [0.25, 0.3) is 5.82 Å². The summed E-state index contributed by atoms with van der Waals surface area (Å²) in [6.07, 6.45) is 1.88. The zero-order valence-electron chi connectivity index (χ0n) is 8.21. The average molecular weight is 213 g/mol. The van der Waals surface area contributed by atoms with Gasteiger partial charge >= 0.3 is 11.9 Å². The van der Waals surface area contributed by atoms with Crippen molar-refractivity contribution in [1.29, 1.82) is 0 Å². The topological polar surface area (TPSA) is 94.3 Å². The maximum Gasteiger partial charge on any atom is 0.377 e. The number of esters is 1. The van der Waals surface area contributed by atoms with Crippen LogP contribution in [0.3, 0.4) is 0 Å².